The molecular formula is C20H29N5O4S2. The van der Waals surface area contributed by atoms with Crippen LogP contribution < -0.4 is 10.0 Å². The summed E-state index contributed by atoms with van der Waals surface area (Å²) in [5.41, 5.74) is 0.0547. The number of sulfonamides is 1. The summed E-state index contributed by atoms with van der Waals surface area (Å²) in [4.78, 5) is 16.9. The summed E-state index contributed by atoms with van der Waals surface area (Å²) in [6.07, 6.45) is 0. The molecule has 9 nitrogen and oxygen atoms in total. The van der Waals surface area contributed by atoms with Gasteiger partial charge in [-0.25, -0.2) is 13.1 Å². The van der Waals surface area contributed by atoms with Gasteiger partial charge in [-0.3, -0.25) is 15.0 Å². The number of piperazine rings is 1. The van der Waals surface area contributed by atoms with Gasteiger partial charge in [-0.15, -0.1) is 11.3 Å². The van der Waals surface area contributed by atoms with Crippen LogP contribution in [0.4, 0.5) is 11.4 Å². The van der Waals surface area contributed by atoms with Crippen LogP contribution >= 0.6 is 11.3 Å². The molecule has 1 aliphatic heterocycles. The molecule has 11 heteroatoms. The van der Waals surface area contributed by atoms with Crippen LogP contribution in [0, 0.1) is 10.1 Å². The maximum atomic E-state index is 12.4. The fourth-order valence-electron chi connectivity index (χ4n) is 3.59. The number of nitro groups is 1. The van der Waals surface area contributed by atoms with E-state index in [1.165, 1.54) is 17.0 Å². The average molecular weight is 468 g/mol. The van der Waals surface area contributed by atoms with E-state index in [1.807, 2.05) is 11.4 Å². The van der Waals surface area contributed by atoms with Crippen LogP contribution in [0.15, 0.2) is 40.6 Å². The minimum absolute atomic E-state index is 0.0827. The number of thiophene rings is 1. The highest BCUT2D eigenvalue weighted by molar-refractivity contribution is 7.89. The first-order valence-electron chi connectivity index (χ1n) is 10.2. The molecule has 1 aromatic carbocycles. The minimum Gasteiger partial charge on any atom is -0.378 e. The third-order valence-corrected chi connectivity index (χ3v) is 7.83. The molecule has 0 amide bonds. The van der Waals surface area contributed by atoms with Crippen LogP contribution in [-0.4, -0.2) is 69.0 Å². The summed E-state index contributed by atoms with van der Waals surface area (Å²) in [7, 11) is -1.71. The summed E-state index contributed by atoms with van der Waals surface area (Å²) in [6, 6.07) is 7.85. The first-order chi connectivity index (χ1) is 14.7. The summed E-state index contributed by atoms with van der Waals surface area (Å²) >= 11 is 1.67. The second-order valence-electron chi connectivity index (χ2n) is 7.96. The molecule has 0 bridgehead atoms. The first-order valence-corrected chi connectivity index (χ1v) is 12.5. The van der Waals surface area contributed by atoms with E-state index in [9.17, 15) is 18.5 Å². The molecular weight excluding hydrogens is 438 g/mol. The zero-order chi connectivity index (χ0) is 22.6. The Kier molecular flexibility index (Phi) is 7.65. The van der Waals surface area contributed by atoms with Gasteiger partial charge in [-0.05, 0) is 44.5 Å². The largest absolute Gasteiger partial charge is 0.378 e. The summed E-state index contributed by atoms with van der Waals surface area (Å²) in [5, 5.41) is 16.9. The molecule has 31 heavy (non-hydrogen) atoms. The number of hydrogen-bond donors (Lipinski definition) is 2. The lowest BCUT2D eigenvalue weighted by Crippen LogP contribution is -2.47. The number of likely N-dealkylation sites (N-methyl/N-ethyl adjacent to an activating group) is 1. The zero-order valence-corrected chi connectivity index (χ0v) is 19.6. The molecule has 1 aliphatic rings. The van der Waals surface area contributed by atoms with Gasteiger partial charge in [-0.2, -0.15) is 0 Å². The van der Waals surface area contributed by atoms with Crippen molar-refractivity contribution >= 4 is 32.7 Å². The van der Waals surface area contributed by atoms with E-state index < -0.39 is 14.9 Å². The van der Waals surface area contributed by atoms with Gasteiger partial charge >= 0.3 is 0 Å². The normalized spacial score (nSPS) is 17.0. The third kappa shape index (κ3) is 6.01. The van der Waals surface area contributed by atoms with Gasteiger partial charge in [0.2, 0.25) is 10.0 Å². The second-order valence-corrected chi connectivity index (χ2v) is 10.7. The fraction of sp³-hybridized carbons (Fsp3) is 0.500. The van der Waals surface area contributed by atoms with Crippen LogP contribution in [0.1, 0.15) is 24.8 Å². The van der Waals surface area contributed by atoms with Crippen molar-refractivity contribution in [2.24, 2.45) is 0 Å². The number of nitrogens with zero attached hydrogens (tertiary/aromatic N) is 3. The van der Waals surface area contributed by atoms with Crippen molar-refractivity contribution in [3.05, 3.63) is 50.7 Å². The molecule has 0 saturated carbocycles. The molecule has 0 radical (unpaired) electrons. The Balaban J connectivity index is 1.82. The van der Waals surface area contributed by atoms with Crippen LogP contribution in [0.5, 0.6) is 0 Å². The quantitative estimate of drug-likeness (QED) is 0.431. The number of benzene rings is 1. The summed E-state index contributed by atoms with van der Waals surface area (Å²) in [6.45, 7) is 7.66. The molecule has 0 unspecified atom stereocenters. The molecule has 3 rings (SSSR count). The fourth-order valence-corrected chi connectivity index (χ4v) is 5.72. The van der Waals surface area contributed by atoms with Gasteiger partial charge in [0.25, 0.3) is 5.69 Å². The number of nitro benzene ring substituents is 1. The van der Waals surface area contributed by atoms with Gasteiger partial charge < -0.3 is 10.2 Å². The molecule has 1 saturated heterocycles. The van der Waals surface area contributed by atoms with Crippen molar-refractivity contribution < 1.29 is 13.3 Å². The third-order valence-electron chi connectivity index (χ3n) is 5.20. The molecule has 2 N–H and O–H groups in total. The Morgan fingerprint density at radius 2 is 1.90 bits per heavy atom. The number of hydrogen-bond acceptors (Lipinski definition) is 8. The minimum atomic E-state index is -3.81. The highest BCUT2D eigenvalue weighted by Crippen LogP contribution is 2.31. The smallest absolute Gasteiger partial charge is 0.293 e. The van der Waals surface area contributed by atoms with E-state index in [0.717, 1.165) is 32.2 Å². The lowest BCUT2D eigenvalue weighted by atomic mass is 10.1. The topological polar surface area (TPSA) is 108 Å². The van der Waals surface area contributed by atoms with E-state index >= 15 is 0 Å². The Labute approximate surface area is 187 Å². The van der Waals surface area contributed by atoms with Gasteiger partial charge in [0.15, 0.2) is 0 Å². The summed E-state index contributed by atoms with van der Waals surface area (Å²) in [5.74, 6) is 0. The second kappa shape index (κ2) is 10.0. The molecule has 2 heterocycles. The van der Waals surface area contributed by atoms with E-state index in [-0.39, 0.29) is 22.7 Å². The Morgan fingerprint density at radius 3 is 2.48 bits per heavy atom. The van der Waals surface area contributed by atoms with Crippen molar-refractivity contribution in [2.75, 3.05) is 45.1 Å². The van der Waals surface area contributed by atoms with E-state index in [1.54, 1.807) is 25.2 Å². The van der Waals surface area contributed by atoms with Crippen molar-refractivity contribution in [1.82, 2.24) is 14.5 Å². The standard InChI is InChI=1S/C20H29N5O4S2/c1-15(2)22-31(28,29)16-6-7-17(18(13-16)25(26)27)21-14-19(20-5-4-12-30-20)24-10-8-23(3)9-11-24/h4-7,12-13,15,19,21-22H,8-11,14H2,1-3H3/t19-/m0/s1. The van der Waals surface area contributed by atoms with E-state index in [2.05, 4.69) is 33.0 Å². The molecule has 1 aromatic heterocycles. The molecule has 2 aromatic rings. The zero-order valence-electron chi connectivity index (χ0n) is 17.9. The van der Waals surface area contributed by atoms with Crippen molar-refractivity contribution in [1.29, 1.82) is 0 Å². The molecule has 0 spiro atoms. The SMILES string of the molecule is CC(C)NS(=O)(=O)c1ccc(NC[C@@H](c2cccs2)N2CCN(C)CC2)c([N+](=O)[O-])c1. The average Bonchev–Trinajstić information content (AvgIpc) is 3.23. The first kappa shape index (κ1) is 23.6. The highest BCUT2D eigenvalue weighted by Gasteiger charge is 2.26. The predicted molar refractivity (Wildman–Crippen MR) is 123 cm³/mol. The maximum Gasteiger partial charge on any atom is 0.293 e. The number of anilines is 1. The number of rotatable bonds is 9. The van der Waals surface area contributed by atoms with Crippen molar-refractivity contribution in [3.8, 4) is 0 Å². The van der Waals surface area contributed by atoms with E-state index in [4.69, 9.17) is 0 Å². The van der Waals surface area contributed by atoms with Crippen LogP contribution in [0.25, 0.3) is 0 Å². The Morgan fingerprint density at radius 1 is 1.19 bits per heavy atom. The highest BCUT2D eigenvalue weighted by atomic mass is 32.2. The molecule has 0 aliphatic carbocycles. The lowest BCUT2D eigenvalue weighted by molar-refractivity contribution is -0.384. The van der Waals surface area contributed by atoms with Crippen LogP contribution in [0.3, 0.4) is 0 Å². The van der Waals surface area contributed by atoms with Crippen molar-refractivity contribution in [3.63, 3.8) is 0 Å². The summed E-state index contributed by atoms with van der Waals surface area (Å²) < 4.78 is 27.3. The number of nitrogens with one attached hydrogen (secondary N) is 2. The maximum absolute atomic E-state index is 12.4. The Hall–Kier alpha value is -2.05. The molecule has 1 fully saturated rings. The monoisotopic (exact) mass is 467 g/mol. The van der Waals surface area contributed by atoms with E-state index in [0.29, 0.717) is 12.2 Å². The Bertz CT molecular complexity index is 987. The molecule has 1 atom stereocenters. The lowest BCUT2D eigenvalue weighted by Gasteiger charge is -2.37. The molecule has 170 valence electrons. The van der Waals surface area contributed by atoms with Crippen LogP contribution in [0.2, 0.25) is 0 Å². The van der Waals surface area contributed by atoms with Gasteiger partial charge in [0.05, 0.1) is 15.9 Å². The van der Waals surface area contributed by atoms with Crippen molar-refractivity contribution in [2.45, 2.75) is 30.8 Å². The van der Waals surface area contributed by atoms with Gasteiger partial charge in [-0.1, -0.05) is 6.07 Å². The van der Waals surface area contributed by atoms with Gasteiger partial charge in [0, 0.05) is 49.7 Å². The predicted octanol–water partition coefficient (Wildman–Crippen LogP) is 2.74. The van der Waals surface area contributed by atoms with Crippen LogP contribution in [-0.2, 0) is 10.0 Å². The van der Waals surface area contributed by atoms with Gasteiger partial charge in [0.1, 0.15) is 5.69 Å².